The standard InChI is InChI=1S/C9H13N3O2S.C2H4/c10-8(13)5-3-1-2-4-6-7(5)11-9(14)12-15-6;1-2/h5H,1-4H2,(H2,10,13)(H2,11,12,14);1-2H2. The van der Waals surface area contributed by atoms with Crippen molar-refractivity contribution in [2.75, 3.05) is 0 Å². The lowest BCUT2D eigenvalue weighted by Gasteiger charge is -2.23. The number of rotatable bonds is 1. The summed E-state index contributed by atoms with van der Waals surface area (Å²) in [5, 5.41) is 2.70. The van der Waals surface area contributed by atoms with Crippen LogP contribution < -0.4 is 15.8 Å². The van der Waals surface area contributed by atoms with Gasteiger partial charge in [0.05, 0.1) is 5.92 Å². The smallest absolute Gasteiger partial charge is 0.329 e. The molecule has 0 saturated carbocycles. The van der Waals surface area contributed by atoms with Crippen molar-refractivity contribution in [1.29, 1.82) is 0 Å². The maximum atomic E-state index is 11.3. The van der Waals surface area contributed by atoms with Crippen LogP contribution >= 0.6 is 11.9 Å². The summed E-state index contributed by atoms with van der Waals surface area (Å²) >= 11 is 1.30. The van der Waals surface area contributed by atoms with Crippen LogP contribution in [0, 0.1) is 5.92 Å². The first-order chi connectivity index (χ1) is 8.18. The number of hydrogen-bond donors (Lipinski definition) is 3. The number of nitrogens with two attached hydrogens (primary N) is 1. The van der Waals surface area contributed by atoms with E-state index in [9.17, 15) is 9.59 Å². The minimum absolute atomic E-state index is 0.271. The van der Waals surface area contributed by atoms with E-state index in [4.69, 9.17) is 5.73 Å². The van der Waals surface area contributed by atoms with Gasteiger partial charge in [0.2, 0.25) is 5.91 Å². The third-order valence-electron chi connectivity index (χ3n) is 2.65. The molecule has 1 atom stereocenters. The molecule has 0 radical (unpaired) electrons. The molecular formula is C11H17N3O2S. The second-order valence-electron chi connectivity index (χ2n) is 3.70. The van der Waals surface area contributed by atoms with Crippen LogP contribution in [0.2, 0.25) is 0 Å². The highest BCUT2D eigenvalue weighted by Crippen LogP contribution is 2.34. The fraction of sp³-hybridized carbons (Fsp3) is 0.455. The number of hydrogen-bond acceptors (Lipinski definition) is 3. The zero-order chi connectivity index (χ0) is 12.8. The SMILES string of the molecule is C=C.NC(=O)C1CCCCC2=C1NC(=O)NS2. The van der Waals surface area contributed by atoms with E-state index in [1.807, 2.05) is 0 Å². The molecule has 2 aliphatic rings. The van der Waals surface area contributed by atoms with Crippen molar-refractivity contribution in [2.45, 2.75) is 25.7 Å². The van der Waals surface area contributed by atoms with E-state index < -0.39 is 0 Å². The van der Waals surface area contributed by atoms with Crippen molar-refractivity contribution < 1.29 is 9.59 Å². The summed E-state index contributed by atoms with van der Waals surface area (Å²) in [4.78, 5) is 23.5. The van der Waals surface area contributed by atoms with Gasteiger partial charge in [-0.1, -0.05) is 6.42 Å². The third kappa shape index (κ3) is 3.26. The van der Waals surface area contributed by atoms with Crippen LogP contribution in [0.3, 0.4) is 0 Å². The molecule has 0 bridgehead atoms. The third-order valence-corrected chi connectivity index (χ3v) is 3.61. The van der Waals surface area contributed by atoms with Gasteiger partial charge >= 0.3 is 6.03 Å². The molecule has 0 saturated heterocycles. The molecule has 3 amide bonds. The number of allylic oxidation sites excluding steroid dienone is 1. The van der Waals surface area contributed by atoms with Crippen molar-refractivity contribution in [3.8, 4) is 0 Å². The van der Waals surface area contributed by atoms with Crippen LogP contribution in [0.25, 0.3) is 0 Å². The van der Waals surface area contributed by atoms with E-state index in [1.54, 1.807) is 0 Å². The van der Waals surface area contributed by atoms with Gasteiger partial charge in [0, 0.05) is 10.6 Å². The molecule has 1 aliphatic heterocycles. The van der Waals surface area contributed by atoms with Gasteiger partial charge in [-0.15, -0.1) is 13.2 Å². The highest BCUT2D eigenvalue weighted by molar-refractivity contribution is 8.01. The van der Waals surface area contributed by atoms with Crippen LogP contribution in [0.1, 0.15) is 25.7 Å². The van der Waals surface area contributed by atoms with Crippen LogP contribution in [0.15, 0.2) is 23.8 Å². The molecule has 94 valence electrons. The van der Waals surface area contributed by atoms with Crippen molar-refractivity contribution in [3.05, 3.63) is 23.8 Å². The van der Waals surface area contributed by atoms with Gasteiger partial charge in [-0.25, -0.2) is 4.79 Å². The Morgan fingerprint density at radius 3 is 2.76 bits per heavy atom. The molecule has 6 heteroatoms. The Morgan fingerprint density at radius 2 is 2.12 bits per heavy atom. The second kappa shape index (κ2) is 6.34. The molecule has 4 N–H and O–H groups in total. The molecule has 0 fully saturated rings. The van der Waals surface area contributed by atoms with E-state index in [2.05, 4.69) is 23.2 Å². The highest BCUT2D eigenvalue weighted by Gasteiger charge is 2.30. The Kier molecular flexibility index (Phi) is 5.09. The zero-order valence-corrected chi connectivity index (χ0v) is 10.4. The van der Waals surface area contributed by atoms with Gasteiger partial charge in [0.1, 0.15) is 0 Å². The molecule has 0 aromatic rings. The molecule has 17 heavy (non-hydrogen) atoms. The van der Waals surface area contributed by atoms with Gasteiger partial charge in [-0.05, 0) is 31.2 Å². The fourth-order valence-electron chi connectivity index (χ4n) is 1.91. The molecule has 5 nitrogen and oxygen atoms in total. The summed E-state index contributed by atoms with van der Waals surface area (Å²) in [6.45, 7) is 6.00. The van der Waals surface area contributed by atoms with E-state index >= 15 is 0 Å². The Hall–Kier alpha value is -1.43. The Bertz CT molecular complexity index is 355. The van der Waals surface area contributed by atoms with Crippen LogP contribution in [0.5, 0.6) is 0 Å². The molecule has 1 unspecified atom stereocenters. The fourth-order valence-corrected chi connectivity index (χ4v) is 2.73. The van der Waals surface area contributed by atoms with Gasteiger partial charge in [-0.3, -0.25) is 9.52 Å². The average Bonchev–Trinajstić information content (AvgIpc) is 2.53. The number of nitrogens with one attached hydrogen (secondary N) is 2. The molecule has 0 aromatic carbocycles. The van der Waals surface area contributed by atoms with Crippen molar-refractivity contribution in [1.82, 2.24) is 10.0 Å². The summed E-state index contributed by atoms with van der Waals surface area (Å²) in [5.41, 5.74) is 6.05. The lowest BCUT2D eigenvalue weighted by atomic mass is 10.00. The second-order valence-corrected chi connectivity index (χ2v) is 4.60. The van der Waals surface area contributed by atoms with Crippen LogP contribution in [0.4, 0.5) is 4.79 Å². The number of amides is 3. The first kappa shape index (κ1) is 13.6. The molecular weight excluding hydrogens is 238 g/mol. The quantitative estimate of drug-likeness (QED) is 0.492. The Morgan fingerprint density at radius 1 is 1.41 bits per heavy atom. The van der Waals surface area contributed by atoms with E-state index in [1.165, 1.54) is 11.9 Å². The predicted molar refractivity (Wildman–Crippen MR) is 68.7 cm³/mol. The molecule has 0 spiro atoms. The molecule has 2 rings (SSSR count). The maximum Gasteiger partial charge on any atom is 0.329 e. The van der Waals surface area contributed by atoms with Crippen molar-refractivity contribution in [2.24, 2.45) is 11.7 Å². The molecule has 1 aliphatic carbocycles. The monoisotopic (exact) mass is 255 g/mol. The lowest BCUT2D eigenvalue weighted by Crippen LogP contribution is -2.41. The van der Waals surface area contributed by atoms with E-state index in [0.29, 0.717) is 5.70 Å². The zero-order valence-electron chi connectivity index (χ0n) is 9.62. The minimum Gasteiger partial charge on any atom is -0.369 e. The normalized spacial score (nSPS) is 23.3. The summed E-state index contributed by atoms with van der Waals surface area (Å²) in [5.74, 6) is -0.687. The predicted octanol–water partition coefficient (Wildman–Crippen LogP) is 1.64. The summed E-state index contributed by atoms with van der Waals surface area (Å²) in [7, 11) is 0. The molecule has 0 aromatic heterocycles. The average molecular weight is 255 g/mol. The van der Waals surface area contributed by atoms with Crippen molar-refractivity contribution >= 4 is 23.9 Å². The summed E-state index contributed by atoms with van der Waals surface area (Å²) in [6.07, 6.45) is 3.64. The summed E-state index contributed by atoms with van der Waals surface area (Å²) < 4.78 is 2.63. The van der Waals surface area contributed by atoms with Crippen LogP contribution in [-0.4, -0.2) is 11.9 Å². The number of primary amides is 1. The van der Waals surface area contributed by atoms with Gasteiger partial charge in [-0.2, -0.15) is 0 Å². The number of carbonyl (C=O) groups is 2. The Balaban J connectivity index is 0.000000686. The maximum absolute atomic E-state index is 11.3. The van der Waals surface area contributed by atoms with E-state index in [-0.39, 0.29) is 17.9 Å². The minimum atomic E-state index is -0.354. The van der Waals surface area contributed by atoms with Gasteiger partial charge in [0.25, 0.3) is 0 Å². The summed E-state index contributed by atoms with van der Waals surface area (Å²) in [6, 6.07) is -0.271. The van der Waals surface area contributed by atoms with Crippen molar-refractivity contribution in [3.63, 3.8) is 0 Å². The lowest BCUT2D eigenvalue weighted by molar-refractivity contribution is -0.120. The largest absolute Gasteiger partial charge is 0.369 e. The first-order valence-corrected chi connectivity index (χ1v) is 6.26. The topological polar surface area (TPSA) is 84.2 Å². The number of urea groups is 1. The molecule has 1 heterocycles. The number of carbonyl (C=O) groups excluding carboxylic acids is 2. The Labute approximate surface area is 105 Å². The van der Waals surface area contributed by atoms with E-state index in [0.717, 1.165) is 30.6 Å². The highest BCUT2D eigenvalue weighted by atomic mass is 32.2. The van der Waals surface area contributed by atoms with Gasteiger partial charge < -0.3 is 11.1 Å². The first-order valence-electron chi connectivity index (χ1n) is 5.44. The van der Waals surface area contributed by atoms with Gasteiger partial charge in [0.15, 0.2) is 0 Å². The van der Waals surface area contributed by atoms with Crippen LogP contribution in [-0.2, 0) is 4.79 Å².